The Morgan fingerprint density at radius 3 is 2.00 bits per heavy atom. The van der Waals surface area contributed by atoms with E-state index < -0.39 is 0 Å². The largest absolute Gasteiger partial charge is 0.299 e. The molecule has 0 unspecified atom stereocenters. The number of benzene rings is 4. The molecular formula is C37H35N3. The monoisotopic (exact) mass is 521 g/mol. The summed E-state index contributed by atoms with van der Waals surface area (Å²) in [6.45, 7) is 9.06. The molecule has 0 aliphatic carbocycles. The topological polar surface area (TPSA) is 30.7 Å². The summed E-state index contributed by atoms with van der Waals surface area (Å²) in [5, 5.41) is 2.39. The number of fused-ring (bicyclic) bond motifs is 1. The van der Waals surface area contributed by atoms with Crippen LogP contribution in [0.4, 0.5) is 0 Å². The van der Waals surface area contributed by atoms with Crippen molar-refractivity contribution in [3.8, 4) is 28.3 Å². The van der Waals surface area contributed by atoms with E-state index >= 15 is 0 Å². The summed E-state index contributed by atoms with van der Waals surface area (Å²) in [6.07, 6.45) is 6.77. The van der Waals surface area contributed by atoms with Gasteiger partial charge in [-0.1, -0.05) is 107 Å². The molecule has 0 fully saturated rings. The zero-order valence-corrected chi connectivity index (χ0v) is 23.7. The van der Waals surface area contributed by atoms with Crippen molar-refractivity contribution in [3.63, 3.8) is 0 Å². The van der Waals surface area contributed by atoms with E-state index in [-0.39, 0.29) is 0 Å². The van der Waals surface area contributed by atoms with Gasteiger partial charge < -0.3 is 0 Å². The second-order valence-corrected chi connectivity index (χ2v) is 11.2. The molecule has 3 heteroatoms. The van der Waals surface area contributed by atoms with Crippen LogP contribution in [0.15, 0.2) is 116 Å². The van der Waals surface area contributed by atoms with Gasteiger partial charge in [-0.2, -0.15) is 0 Å². The number of rotatable bonds is 7. The number of hydrogen-bond acceptors (Lipinski definition) is 2. The first kappa shape index (κ1) is 25.8. The fourth-order valence-corrected chi connectivity index (χ4v) is 5.72. The van der Waals surface area contributed by atoms with Gasteiger partial charge in [0.05, 0.1) is 11.4 Å². The van der Waals surface area contributed by atoms with Crippen molar-refractivity contribution in [1.82, 2.24) is 14.5 Å². The summed E-state index contributed by atoms with van der Waals surface area (Å²) in [6, 6.07) is 34.8. The van der Waals surface area contributed by atoms with Crippen molar-refractivity contribution in [2.45, 2.75) is 46.0 Å². The van der Waals surface area contributed by atoms with Crippen LogP contribution in [0, 0.1) is 0 Å². The summed E-state index contributed by atoms with van der Waals surface area (Å²) < 4.78 is 2.29. The third-order valence-electron chi connectivity index (χ3n) is 7.69. The maximum Gasteiger partial charge on any atom is 0.144 e. The maximum absolute atomic E-state index is 4.85. The molecule has 2 aromatic heterocycles. The molecule has 0 radical (unpaired) electrons. The maximum atomic E-state index is 4.85. The van der Waals surface area contributed by atoms with Gasteiger partial charge in [0.1, 0.15) is 5.82 Å². The Morgan fingerprint density at radius 2 is 1.27 bits per heavy atom. The van der Waals surface area contributed by atoms with Gasteiger partial charge in [-0.05, 0) is 64.1 Å². The predicted octanol–water partition coefficient (Wildman–Crippen LogP) is 9.59. The lowest BCUT2D eigenvalue weighted by Gasteiger charge is -2.22. The molecule has 0 bridgehead atoms. The van der Waals surface area contributed by atoms with E-state index in [1.54, 1.807) is 0 Å². The molecule has 6 rings (SSSR count). The average Bonchev–Trinajstić information content (AvgIpc) is 3.46. The standard InChI is InChI=1S/C37H35N3/c1-25(2)32-16-9-17-33(26(3)4)36(32)40-21-20-39-37(40)31-14-8-11-28(24-31)22-27-10-7-13-30(23-27)35-34-15-6-5-12-29(34)18-19-38-35/h5-21,23-26H,22H2,1-4H3. The SMILES string of the molecule is CC(C)c1cccc(C(C)C)c1-n1ccnc1-c1cccc(Cc2cccc(-c3nccc4ccccc34)c2)c1. The fourth-order valence-electron chi connectivity index (χ4n) is 5.72. The Labute approximate surface area is 237 Å². The van der Waals surface area contributed by atoms with Gasteiger partial charge in [0.2, 0.25) is 0 Å². The number of para-hydroxylation sites is 1. The number of imidazole rings is 1. The minimum Gasteiger partial charge on any atom is -0.299 e. The van der Waals surface area contributed by atoms with Crippen LogP contribution in [0.2, 0.25) is 0 Å². The molecule has 40 heavy (non-hydrogen) atoms. The van der Waals surface area contributed by atoms with E-state index in [2.05, 4.69) is 136 Å². The highest BCUT2D eigenvalue weighted by atomic mass is 15.1. The highest BCUT2D eigenvalue weighted by Gasteiger charge is 2.18. The number of nitrogens with zero attached hydrogens (tertiary/aromatic N) is 3. The molecule has 6 aromatic rings. The molecule has 4 aromatic carbocycles. The summed E-state index contributed by atoms with van der Waals surface area (Å²) >= 11 is 0. The molecule has 0 saturated heterocycles. The molecule has 0 N–H and O–H groups in total. The smallest absolute Gasteiger partial charge is 0.144 e. The van der Waals surface area contributed by atoms with E-state index in [0.29, 0.717) is 11.8 Å². The average molecular weight is 522 g/mol. The molecule has 0 spiro atoms. The summed E-state index contributed by atoms with van der Waals surface area (Å²) in [5.41, 5.74) is 9.79. The van der Waals surface area contributed by atoms with E-state index in [4.69, 9.17) is 9.97 Å². The van der Waals surface area contributed by atoms with Gasteiger partial charge in [-0.15, -0.1) is 0 Å². The number of aromatic nitrogens is 3. The van der Waals surface area contributed by atoms with E-state index in [1.807, 2.05) is 12.4 Å². The van der Waals surface area contributed by atoms with Crippen LogP contribution in [0.3, 0.4) is 0 Å². The molecule has 0 saturated carbocycles. The van der Waals surface area contributed by atoms with E-state index in [1.165, 1.54) is 38.7 Å². The Morgan fingerprint density at radius 1 is 0.625 bits per heavy atom. The quantitative estimate of drug-likeness (QED) is 0.209. The van der Waals surface area contributed by atoms with Gasteiger partial charge in [0, 0.05) is 35.1 Å². The molecule has 3 nitrogen and oxygen atoms in total. The third kappa shape index (κ3) is 4.96. The minimum atomic E-state index is 0.416. The van der Waals surface area contributed by atoms with Crippen LogP contribution in [-0.4, -0.2) is 14.5 Å². The fraction of sp³-hybridized carbons (Fsp3) is 0.189. The van der Waals surface area contributed by atoms with Gasteiger partial charge in [0.25, 0.3) is 0 Å². The van der Waals surface area contributed by atoms with Crippen molar-refractivity contribution in [1.29, 1.82) is 0 Å². The molecule has 2 heterocycles. The lowest BCUT2D eigenvalue weighted by atomic mass is 9.92. The number of pyridine rings is 1. The minimum absolute atomic E-state index is 0.416. The summed E-state index contributed by atoms with van der Waals surface area (Å²) in [5.74, 6) is 1.81. The van der Waals surface area contributed by atoms with Gasteiger partial charge >= 0.3 is 0 Å². The first-order valence-electron chi connectivity index (χ1n) is 14.2. The zero-order chi connectivity index (χ0) is 27.6. The first-order valence-corrected chi connectivity index (χ1v) is 14.2. The van der Waals surface area contributed by atoms with Crippen molar-refractivity contribution in [3.05, 3.63) is 138 Å². The van der Waals surface area contributed by atoms with Crippen LogP contribution in [0.5, 0.6) is 0 Å². The second-order valence-electron chi connectivity index (χ2n) is 11.2. The highest BCUT2D eigenvalue weighted by Crippen LogP contribution is 2.34. The summed E-state index contributed by atoms with van der Waals surface area (Å²) in [7, 11) is 0. The molecule has 0 atom stereocenters. The molecule has 198 valence electrons. The Balaban J connectivity index is 1.36. The van der Waals surface area contributed by atoms with Crippen molar-refractivity contribution >= 4 is 10.8 Å². The van der Waals surface area contributed by atoms with Crippen LogP contribution in [-0.2, 0) is 6.42 Å². The highest BCUT2D eigenvalue weighted by molar-refractivity contribution is 5.94. The Hall–Kier alpha value is -4.50. The number of hydrogen-bond donors (Lipinski definition) is 0. The van der Waals surface area contributed by atoms with Crippen LogP contribution < -0.4 is 0 Å². The third-order valence-corrected chi connectivity index (χ3v) is 7.69. The molecule has 0 aliphatic rings. The predicted molar refractivity (Wildman–Crippen MR) is 167 cm³/mol. The van der Waals surface area contributed by atoms with Crippen LogP contribution in [0.1, 0.15) is 61.8 Å². The molecular weight excluding hydrogens is 486 g/mol. The normalized spacial score (nSPS) is 11.6. The lowest BCUT2D eigenvalue weighted by molar-refractivity contribution is 0.806. The van der Waals surface area contributed by atoms with E-state index in [9.17, 15) is 0 Å². The van der Waals surface area contributed by atoms with Crippen molar-refractivity contribution in [2.24, 2.45) is 0 Å². The first-order chi connectivity index (χ1) is 19.5. The lowest BCUT2D eigenvalue weighted by Crippen LogP contribution is -2.07. The molecule has 0 amide bonds. The van der Waals surface area contributed by atoms with Crippen molar-refractivity contribution in [2.75, 3.05) is 0 Å². The van der Waals surface area contributed by atoms with Gasteiger partial charge in [-0.3, -0.25) is 9.55 Å². The Bertz CT molecular complexity index is 1760. The van der Waals surface area contributed by atoms with E-state index in [0.717, 1.165) is 29.1 Å². The zero-order valence-electron chi connectivity index (χ0n) is 23.7. The second kappa shape index (κ2) is 10.9. The Kier molecular flexibility index (Phi) is 7.04. The van der Waals surface area contributed by atoms with Crippen LogP contribution >= 0.6 is 0 Å². The van der Waals surface area contributed by atoms with Crippen molar-refractivity contribution < 1.29 is 0 Å². The molecule has 0 aliphatic heterocycles. The van der Waals surface area contributed by atoms with Gasteiger partial charge in [0.15, 0.2) is 0 Å². The van der Waals surface area contributed by atoms with Gasteiger partial charge in [-0.25, -0.2) is 4.98 Å². The summed E-state index contributed by atoms with van der Waals surface area (Å²) in [4.78, 5) is 9.59. The van der Waals surface area contributed by atoms with Crippen LogP contribution in [0.25, 0.3) is 39.1 Å².